The number of nitrogens with one attached hydrogen (secondary N) is 2. The lowest BCUT2D eigenvalue weighted by Crippen LogP contribution is -2.35. The maximum atomic E-state index is 12.7. The van der Waals surface area contributed by atoms with E-state index in [9.17, 15) is 9.59 Å². The fourth-order valence-electron chi connectivity index (χ4n) is 4.45. The molecule has 0 spiro atoms. The highest BCUT2D eigenvalue weighted by atomic mass is 16.2. The molecule has 33 heavy (non-hydrogen) atoms. The van der Waals surface area contributed by atoms with Gasteiger partial charge in [-0.25, -0.2) is 4.98 Å². The van der Waals surface area contributed by atoms with Crippen molar-refractivity contribution in [2.45, 2.75) is 46.5 Å². The van der Waals surface area contributed by atoms with Gasteiger partial charge in [-0.05, 0) is 63.3 Å². The minimum absolute atomic E-state index is 0.00469. The van der Waals surface area contributed by atoms with Gasteiger partial charge in [-0.2, -0.15) is 4.98 Å². The van der Waals surface area contributed by atoms with Crippen LogP contribution >= 0.6 is 0 Å². The van der Waals surface area contributed by atoms with E-state index in [1.54, 1.807) is 4.90 Å². The van der Waals surface area contributed by atoms with Gasteiger partial charge in [0.2, 0.25) is 17.8 Å². The number of carbonyl (C=O) groups is 2. The molecule has 4 rings (SSSR count). The van der Waals surface area contributed by atoms with Crippen LogP contribution in [0.15, 0.2) is 24.3 Å². The molecule has 176 valence electrons. The summed E-state index contributed by atoms with van der Waals surface area (Å²) < 4.78 is 0. The Morgan fingerprint density at radius 2 is 1.82 bits per heavy atom. The first kappa shape index (κ1) is 23.0. The van der Waals surface area contributed by atoms with Crippen molar-refractivity contribution in [2.75, 3.05) is 47.8 Å². The first-order valence-electron chi connectivity index (χ1n) is 11.9. The number of amides is 2. The minimum atomic E-state index is -0.333. The molecule has 2 aromatic rings. The third-order valence-electron chi connectivity index (χ3n) is 6.53. The summed E-state index contributed by atoms with van der Waals surface area (Å²) in [6.07, 6.45) is 3.91. The molecule has 0 aliphatic carbocycles. The number of benzene rings is 1. The van der Waals surface area contributed by atoms with Crippen LogP contribution in [-0.4, -0.2) is 54.5 Å². The van der Waals surface area contributed by atoms with E-state index in [-0.39, 0.29) is 24.2 Å². The van der Waals surface area contributed by atoms with Crippen molar-refractivity contribution in [3.8, 4) is 0 Å². The summed E-state index contributed by atoms with van der Waals surface area (Å²) in [7, 11) is 0. The lowest BCUT2D eigenvalue weighted by Gasteiger charge is -2.28. The third-order valence-corrected chi connectivity index (χ3v) is 6.53. The van der Waals surface area contributed by atoms with Crippen LogP contribution in [0.4, 0.5) is 17.5 Å². The van der Waals surface area contributed by atoms with Crippen molar-refractivity contribution < 1.29 is 9.59 Å². The van der Waals surface area contributed by atoms with Gasteiger partial charge < -0.3 is 20.4 Å². The number of aryl methyl sites for hydroxylation is 3. The number of hydrogen-bond donors (Lipinski definition) is 2. The average molecular weight is 451 g/mol. The number of carbonyl (C=O) groups excluding carboxylic acids is 2. The zero-order valence-corrected chi connectivity index (χ0v) is 19.9. The summed E-state index contributed by atoms with van der Waals surface area (Å²) in [6.45, 7) is 9.51. The van der Waals surface area contributed by atoms with Crippen LogP contribution < -0.4 is 20.4 Å². The number of aromatic nitrogens is 2. The average Bonchev–Trinajstić information content (AvgIpc) is 3.20. The molecule has 8 nitrogen and oxygen atoms in total. The Balaban J connectivity index is 1.26. The van der Waals surface area contributed by atoms with Crippen LogP contribution in [0.5, 0.6) is 0 Å². The highest BCUT2D eigenvalue weighted by molar-refractivity contribution is 6.00. The van der Waals surface area contributed by atoms with Crippen molar-refractivity contribution in [3.05, 3.63) is 41.1 Å². The number of hydrogen-bond acceptors (Lipinski definition) is 6. The predicted molar refractivity (Wildman–Crippen MR) is 131 cm³/mol. The molecule has 1 atom stereocenters. The van der Waals surface area contributed by atoms with Crippen LogP contribution in [0, 0.1) is 26.7 Å². The Kier molecular flexibility index (Phi) is 7.11. The molecule has 0 bridgehead atoms. The number of rotatable bonds is 7. The lowest BCUT2D eigenvalue weighted by atomic mass is 10.1. The molecule has 2 aliphatic heterocycles. The monoisotopic (exact) mass is 450 g/mol. The smallest absolute Gasteiger partial charge is 0.227 e. The van der Waals surface area contributed by atoms with Crippen LogP contribution in [-0.2, 0) is 9.59 Å². The van der Waals surface area contributed by atoms with Gasteiger partial charge in [0.15, 0.2) is 0 Å². The van der Waals surface area contributed by atoms with Gasteiger partial charge in [-0.3, -0.25) is 9.59 Å². The molecule has 1 unspecified atom stereocenters. The van der Waals surface area contributed by atoms with Gasteiger partial charge in [0, 0.05) is 56.6 Å². The maximum absolute atomic E-state index is 12.7. The second-order valence-corrected chi connectivity index (χ2v) is 9.13. The highest BCUT2D eigenvalue weighted by Crippen LogP contribution is 2.27. The van der Waals surface area contributed by atoms with Crippen molar-refractivity contribution in [1.82, 2.24) is 15.3 Å². The molecule has 8 heteroatoms. The number of piperidine rings is 1. The Morgan fingerprint density at radius 3 is 2.58 bits per heavy atom. The number of nitrogens with zero attached hydrogens (tertiary/aromatic N) is 4. The molecule has 2 saturated heterocycles. The Morgan fingerprint density at radius 1 is 1.03 bits per heavy atom. The topological polar surface area (TPSA) is 90.5 Å². The van der Waals surface area contributed by atoms with Crippen LogP contribution in [0.25, 0.3) is 0 Å². The van der Waals surface area contributed by atoms with Crippen molar-refractivity contribution >= 4 is 29.3 Å². The summed E-state index contributed by atoms with van der Waals surface area (Å²) in [5.41, 5.74) is 4.11. The molecule has 2 amide bonds. The predicted octanol–water partition coefficient (Wildman–Crippen LogP) is 2.97. The summed E-state index contributed by atoms with van der Waals surface area (Å²) in [4.78, 5) is 38.3. The molecule has 2 aliphatic rings. The third kappa shape index (κ3) is 5.61. The SMILES string of the molecule is Cc1cc(N2CCCCC2)nc(NCCNC(=O)C2CC(=O)N(c3ccc(C)c(C)c3)C2)n1. The molecular weight excluding hydrogens is 416 g/mol. The summed E-state index contributed by atoms with van der Waals surface area (Å²) in [5, 5.41) is 6.18. The normalized spacial score (nSPS) is 18.5. The van der Waals surface area contributed by atoms with E-state index in [2.05, 4.69) is 25.5 Å². The van der Waals surface area contributed by atoms with Gasteiger partial charge in [0.05, 0.1) is 5.92 Å². The van der Waals surface area contributed by atoms with Gasteiger partial charge in [-0.15, -0.1) is 0 Å². The second kappa shape index (κ2) is 10.2. The van der Waals surface area contributed by atoms with Crippen LogP contribution in [0.1, 0.15) is 42.5 Å². The standard InChI is InChI=1S/C25H34N6O2/c1-17-7-8-21(13-18(17)2)31-16-20(15-23(31)32)24(33)26-9-10-27-25-28-19(3)14-22(29-25)30-11-5-4-6-12-30/h7-8,13-14,20H,4-6,9-12,15-16H2,1-3H3,(H,26,33)(H,27,28,29). The molecule has 1 aromatic heterocycles. The highest BCUT2D eigenvalue weighted by Gasteiger charge is 2.35. The zero-order valence-electron chi connectivity index (χ0n) is 19.9. The maximum Gasteiger partial charge on any atom is 0.227 e. The molecule has 0 radical (unpaired) electrons. The molecule has 0 saturated carbocycles. The van der Waals surface area contributed by atoms with Crippen LogP contribution in [0.2, 0.25) is 0 Å². The van der Waals surface area contributed by atoms with E-state index in [1.165, 1.54) is 24.8 Å². The van der Waals surface area contributed by atoms with E-state index >= 15 is 0 Å². The van der Waals surface area contributed by atoms with Crippen molar-refractivity contribution in [2.24, 2.45) is 5.92 Å². The van der Waals surface area contributed by atoms with Crippen molar-refractivity contribution in [1.29, 1.82) is 0 Å². The summed E-state index contributed by atoms with van der Waals surface area (Å²) >= 11 is 0. The molecule has 3 heterocycles. The van der Waals surface area contributed by atoms with Crippen molar-refractivity contribution in [3.63, 3.8) is 0 Å². The van der Waals surface area contributed by atoms with Gasteiger partial charge in [0.25, 0.3) is 0 Å². The van der Waals surface area contributed by atoms with E-state index < -0.39 is 0 Å². The zero-order chi connectivity index (χ0) is 23.4. The minimum Gasteiger partial charge on any atom is -0.356 e. The van der Waals surface area contributed by atoms with E-state index in [4.69, 9.17) is 0 Å². The van der Waals surface area contributed by atoms with Crippen LogP contribution in [0.3, 0.4) is 0 Å². The molecule has 2 fully saturated rings. The fourth-order valence-corrected chi connectivity index (χ4v) is 4.45. The number of anilines is 3. The molecule has 1 aromatic carbocycles. The van der Waals surface area contributed by atoms with E-state index in [0.29, 0.717) is 25.6 Å². The molecule has 2 N–H and O–H groups in total. The summed E-state index contributed by atoms with van der Waals surface area (Å²) in [6, 6.07) is 8.00. The Labute approximate surface area is 195 Å². The lowest BCUT2D eigenvalue weighted by molar-refractivity contribution is -0.126. The molecular formula is C25H34N6O2. The van der Waals surface area contributed by atoms with Gasteiger partial charge in [-0.1, -0.05) is 6.07 Å². The summed E-state index contributed by atoms with van der Waals surface area (Å²) in [5.74, 6) is 1.12. The first-order chi connectivity index (χ1) is 15.9. The second-order valence-electron chi connectivity index (χ2n) is 9.13. The Hall–Kier alpha value is -3.16. The van der Waals surface area contributed by atoms with E-state index in [1.807, 2.05) is 45.0 Å². The van der Waals surface area contributed by atoms with E-state index in [0.717, 1.165) is 35.9 Å². The van der Waals surface area contributed by atoms with Gasteiger partial charge in [0.1, 0.15) is 5.82 Å². The Bertz CT molecular complexity index is 1020. The largest absolute Gasteiger partial charge is 0.356 e. The van der Waals surface area contributed by atoms with Gasteiger partial charge >= 0.3 is 0 Å². The first-order valence-corrected chi connectivity index (χ1v) is 11.9. The fraction of sp³-hybridized carbons (Fsp3) is 0.520. The quantitative estimate of drug-likeness (QED) is 0.631.